The summed E-state index contributed by atoms with van der Waals surface area (Å²) in [7, 11) is 0. The van der Waals surface area contributed by atoms with Gasteiger partial charge < -0.3 is 9.88 Å². The first-order valence-corrected chi connectivity index (χ1v) is 9.85. The molecule has 1 fully saturated rings. The predicted octanol–water partition coefficient (Wildman–Crippen LogP) is 3.12. The topological polar surface area (TPSA) is 59.8 Å². The zero-order chi connectivity index (χ0) is 16.1. The third-order valence-corrected chi connectivity index (χ3v) is 6.14. The third-order valence-electron chi connectivity index (χ3n) is 4.11. The summed E-state index contributed by atoms with van der Waals surface area (Å²) in [4.78, 5) is 13.6. The number of hydrogen-bond acceptors (Lipinski definition) is 5. The van der Waals surface area contributed by atoms with Crippen LogP contribution >= 0.6 is 23.1 Å². The zero-order valence-electron chi connectivity index (χ0n) is 13.3. The van der Waals surface area contributed by atoms with E-state index in [0.717, 1.165) is 31.0 Å². The van der Waals surface area contributed by atoms with Crippen molar-refractivity contribution in [2.24, 2.45) is 0 Å². The minimum Gasteiger partial charge on any atom is -0.352 e. The number of nitrogens with zero attached hydrogens (tertiary/aromatic N) is 3. The normalized spacial score (nSPS) is 16.6. The van der Waals surface area contributed by atoms with Crippen molar-refractivity contribution in [2.75, 3.05) is 0 Å². The van der Waals surface area contributed by atoms with Gasteiger partial charge in [-0.05, 0) is 37.6 Å². The van der Waals surface area contributed by atoms with Crippen molar-refractivity contribution in [3.05, 3.63) is 28.7 Å². The average Bonchev–Trinajstić information content (AvgIpc) is 3.28. The molecule has 1 aliphatic carbocycles. The number of hydrogen-bond donors (Lipinski definition) is 1. The van der Waals surface area contributed by atoms with E-state index in [1.807, 2.05) is 11.5 Å². The van der Waals surface area contributed by atoms with Gasteiger partial charge in [0.15, 0.2) is 5.16 Å². The van der Waals surface area contributed by atoms with Gasteiger partial charge in [0.1, 0.15) is 6.33 Å². The molecule has 23 heavy (non-hydrogen) atoms. The van der Waals surface area contributed by atoms with Crippen molar-refractivity contribution < 1.29 is 4.79 Å². The van der Waals surface area contributed by atoms with E-state index in [1.54, 1.807) is 17.7 Å². The number of aromatic nitrogens is 3. The van der Waals surface area contributed by atoms with Crippen molar-refractivity contribution in [3.8, 4) is 0 Å². The maximum Gasteiger partial charge on any atom is 0.233 e. The lowest BCUT2D eigenvalue weighted by atomic mass is 10.2. The molecule has 2 aromatic rings. The van der Waals surface area contributed by atoms with Crippen molar-refractivity contribution >= 4 is 29.0 Å². The first-order chi connectivity index (χ1) is 11.2. The quantitative estimate of drug-likeness (QED) is 0.780. The Balaban J connectivity index is 1.52. The molecule has 5 nitrogen and oxygen atoms in total. The highest BCUT2D eigenvalue weighted by atomic mass is 32.2. The number of amides is 1. The molecule has 1 atom stereocenters. The first kappa shape index (κ1) is 16.5. The zero-order valence-corrected chi connectivity index (χ0v) is 14.9. The van der Waals surface area contributed by atoms with Crippen LogP contribution in [0.5, 0.6) is 0 Å². The number of thiophene rings is 1. The number of nitrogens with one attached hydrogen (secondary N) is 1. The molecule has 0 aliphatic heterocycles. The SMILES string of the molecule is CC(Sc1nncn1CCc1cccs1)C(=O)NC1CCCC1. The summed E-state index contributed by atoms with van der Waals surface area (Å²) < 4.78 is 2.03. The molecule has 0 aromatic carbocycles. The van der Waals surface area contributed by atoms with E-state index in [4.69, 9.17) is 0 Å². The van der Waals surface area contributed by atoms with Crippen molar-refractivity contribution in [2.45, 2.75) is 62.0 Å². The van der Waals surface area contributed by atoms with E-state index in [9.17, 15) is 4.79 Å². The molecule has 124 valence electrons. The molecule has 0 saturated heterocycles. The monoisotopic (exact) mass is 350 g/mol. The highest BCUT2D eigenvalue weighted by molar-refractivity contribution is 8.00. The minimum atomic E-state index is -0.153. The Morgan fingerprint density at radius 1 is 1.52 bits per heavy atom. The van der Waals surface area contributed by atoms with Gasteiger partial charge in [-0.15, -0.1) is 21.5 Å². The fourth-order valence-corrected chi connectivity index (χ4v) is 4.33. The van der Waals surface area contributed by atoms with Gasteiger partial charge in [0.2, 0.25) is 5.91 Å². The summed E-state index contributed by atoms with van der Waals surface area (Å²) in [6, 6.07) is 4.57. The molecular formula is C16H22N4OS2. The summed E-state index contributed by atoms with van der Waals surface area (Å²) in [5.41, 5.74) is 0. The second-order valence-corrected chi connectivity index (χ2v) is 8.23. The predicted molar refractivity (Wildman–Crippen MR) is 93.8 cm³/mol. The van der Waals surface area contributed by atoms with Crippen LogP contribution in [0.4, 0.5) is 0 Å². The Morgan fingerprint density at radius 3 is 3.09 bits per heavy atom. The highest BCUT2D eigenvalue weighted by Gasteiger charge is 2.22. The Hall–Kier alpha value is -1.34. The molecular weight excluding hydrogens is 328 g/mol. The van der Waals surface area contributed by atoms with E-state index in [2.05, 4.69) is 33.0 Å². The summed E-state index contributed by atoms with van der Waals surface area (Å²) >= 11 is 3.25. The van der Waals surface area contributed by atoms with Crippen LogP contribution in [0.1, 0.15) is 37.5 Å². The van der Waals surface area contributed by atoms with E-state index < -0.39 is 0 Å². The molecule has 7 heteroatoms. The molecule has 1 aliphatic rings. The Kier molecular flexibility index (Phi) is 5.72. The number of thioether (sulfide) groups is 1. The van der Waals surface area contributed by atoms with Crippen molar-refractivity contribution in [3.63, 3.8) is 0 Å². The van der Waals surface area contributed by atoms with Crippen LogP contribution < -0.4 is 5.32 Å². The van der Waals surface area contributed by atoms with E-state index in [-0.39, 0.29) is 11.2 Å². The molecule has 0 bridgehead atoms. The van der Waals surface area contributed by atoms with Gasteiger partial charge in [-0.1, -0.05) is 30.7 Å². The van der Waals surface area contributed by atoms with E-state index in [0.29, 0.717) is 6.04 Å². The second-order valence-electron chi connectivity index (χ2n) is 5.89. The number of carbonyl (C=O) groups is 1. The van der Waals surface area contributed by atoms with Gasteiger partial charge in [-0.2, -0.15) is 0 Å². The van der Waals surface area contributed by atoms with Crippen LogP contribution in [0.2, 0.25) is 0 Å². The molecule has 1 N–H and O–H groups in total. The Morgan fingerprint density at radius 2 is 2.35 bits per heavy atom. The first-order valence-electron chi connectivity index (χ1n) is 8.09. The van der Waals surface area contributed by atoms with Crippen LogP contribution in [0.15, 0.2) is 29.0 Å². The van der Waals surface area contributed by atoms with Crippen LogP contribution in [-0.4, -0.2) is 32.0 Å². The van der Waals surface area contributed by atoms with Gasteiger partial charge >= 0.3 is 0 Å². The fourth-order valence-electron chi connectivity index (χ4n) is 2.77. The van der Waals surface area contributed by atoms with Crippen LogP contribution in [0.25, 0.3) is 0 Å². The summed E-state index contributed by atoms with van der Waals surface area (Å²) in [6.45, 7) is 2.78. The van der Waals surface area contributed by atoms with Gasteiger partial charge in [-0.3, -0.25) is 4.79 Å². The maximum atomic E-state index is 12.3. The van der Waals surface area contributed by atoms with Crippen molar-refractivity contribution in [1.29, 1.82) is 0 Å². The average molecular weight is 351 g/mol. The molecule has 0 spiro atoms. The summed E-state index contributed by atoms with van der Waals surface area (Å²) in [6.07, 6.45) is 7.39. The number of aryl methyl sites for hydroxylation is 2. The lowest BCUT2D eigenvalue weighted by molar-refractivity contribution is -0.120. The molecule has 3 rings (SSSR count). The van der Waals surface area contributed by atoms with E-state index in [1.165, 1.54) is 29.5 Å². The fraction of sp³-hybridized carbons (Fsp3) is 0.562. The number of carbonyl (C=O) groups excluding carboxylic acids is 1. The highest BCUT2D eigenvalue weighted by Crippen LogP contribution is 2.23. The lowest BCUT2D eigenvalue weighted by Gasteiger charge is -2.16. The summed E-state index contributed by atoms with van der Waals surface area (Å²) in [5, 5.41) is 14.1. The molecule has 1 amide bonds. The van der Waals surface area contributed by atoms with Crippen LogP contribution in [-0.2, 0) is 17.8 Å². The standard InChI is InChI=1S/C16H22N4OS2/c1-12(15(21)18-13-5-2-3-6-13)23-16-19-17-11-20(16)9-8-14-7-4-10-22-14/h4,7,10-13H,2-3,5-6,8-9H2,1H3,(H,18,21). The Labute approximate surface area is 144 Å². The summed E-state index contributed by atoms with van der Waals surface area (Å²) in [5.74, 6) is 0.106. The van der Waals surface area contributed by atoms with Gasteiger partial charge in [0, 0.05) is 17.5 Å². The molecule has 2 heterocycles. The molecule has 1 saturated carbocycles. The lowest BCUT2D eigenvalue weighted by Crippen LogP contribution is -2.37. The Bertz CT molecular complexity index is 620. The van der Waals surface area contributed by atoms with Crippen LogP contribution in [0.3, 0.4) is 0 Å². The minimum absolute atomic E-state index is 0.106. The van der Waals surface area contributed by atoms with Gasteiger partial charge in [-0.25, -0.2) is 0 Å². The van der Waals surface area contributed by atoms with Gasteiger partial charge in [0.05, 0.1) is 5.25 Å². The van der Waals surface area contributed by atoms with Gasteiger partial charge in [0.25, 0.3) is 0 Å². The molecule has 1 unspecified atom stereocenters. The third kappa shape index (κ3) is 4.57. The smallest absolute Gasteiger partial charge is 0.233 e. The maximum absolute atomic E-state index is 12.3. The van der Waals surface area contributed by atoms with Crippen molar-refractivity contribution in [1.82, 2.24) is 20.1 Å². The molecule has 2 aromatic heterocycles. The number of rotatable bonds is 7. The molecule has 0 radical (unpaired) electrons. The second kappa shape index (κ2) is 7.97. The van der Waals surface area contributed by atoms with E-state index >= 15 is 0 Å². The largest absolute Gasteiger partial charge is 0.352 e. The van der Waals surface area contributed by atoms with Crippen LogP contribution in [0, 0.1) is 0 Å².